The molecule has 2 aromatic carbocycles. The number of nitrogens with zero attached hydrogens (tertiary/aromatic N) is 3. The minimum Gasteiger partial charge on any atom is -0.439 e. The van der Waals surface area contributed by atoms with E-state index in [4.69, 9.17) is 21.1 Å². The lowest BCUT2D eigenvalue weighted by atomic mass is 9.83. The van der Waals surface area contributed by atoms with E-state index in [0.29, 0.717) is 5.75 Å². The van der Waals surface area contributed by atoms with Crippen molar-refractivity contribution in [2.24, 2.45) is 5.41 Å². The number of ether oxygens (including phenoxy) is 2. The van der Waals surface area contributed by atoms with Crippen molar-refractivity contribution in [3.63, 3.8) is 0 Å². The average Bonchev–Trinajstić information content (AvgIpc) is 3.05. The van der Waals surface area contributed by atoms with Crippen LogP contribution < -0.4 is 20.7 Å². The molecule has 1 aromatic heterocycles. The van der Waals surface area contributed by atoms with Crippen molar-refractivity contribution in [1.29, 1.82) is 0 Å². The van der Waals surface area contributed by atoms with Crippen LogP contribution in [0.5, 0.6) is 11.6 Å². The third kappa shape index (κ3) is 8.04. The number of benzene rings is 2. The van der Waals surface area contributed by atoms with Crippen LogP contribution in [0.3, 0.4) is 0 Å². The van der Waals surface area contributed by atoms with Crippen LogP contribution in [0.2, 0.25) is 5.15 Å². The second kappa shape index (κ2) is 14.6. The van der Waals surface area contributed by atoms with Crippen molar-refractivity contribution in [2.75, 3.05) is 7.05 Å². The highest BCUT2D eigenvalue weighted by atomic mass is 35.5. The van der Waals surface area contributed by atoms with E-state index in [-0.39, 0.29) is 35.9 Å². The molecular formula is C35H41ClN6O6. The molecule has 0 fully saturated rings. The lowest BCUT2D eigenvalue weighted by molar-refractivity contribution is -0.148. The van der Waals surface area contributed by atoms with E-state index >= 15 is 0 Å². The van der Waals surface area contributed by atoms with Gasteiger partial charge < -0.3 is 30.3 Å². The summed E-state index contributed by atoms with van der Waals surface area (Å²) >= 11 is 6.01. The van der Waals surface area contributed by atoms with Crippen molar-refractivity contribution in [3.8, 4) is 11.6 Å². The fourth-order valence-corrected chi connectivity index (χ4v) is 6.24. The van der Waals surface area contributed by atoms with Crippen LogP contribution >= 0.6 is 11.6 Å². The highest BCUT2D eigenvalue weighted by Crippen LogP contribution is 2.34. The second-order valence-corrected chi connectivity index (χ2v) is 13.5. The summed E-state index contributed by atoms with van der Waals surface area (Å²) in [7, 11) is 1.39. The van der Waals surface area contributed by atoms with Gasteiger partial charge in [-0.3, -0.25) is 14.4 Å². The zero-order chi connectivity index (χ0) is 34.6. The number of nitrogens with one attached hydrogen (secondary N) is 3. The standard InChI is InChI=1S/C35H41ClN6O6/c1-20(47-34(46)37-5)31(43)41-30(35(2,3)4)33(45)42-18-23-15-24(48-29-17-28(36)38-19-39-29)14-13-22(23)16-27(42)32(44)40-26-12-8-10-21-9-6-7-11-25(21)26/h6-7,9,11,13-15,17,19-20,26-27,30H,8,10,12,16,18H2,1-5H3,(H,37,46)(H,40,44)(H,41,43)/t20-,26+,27-,30+/m0/s1. The summed E-state index contributed by atoms with van der Waals surface area (Å²) in [5, 5.41) is 8.58. The minimum atomic E-state index is -1.16. The normalized spacial score (nSPS) is 18.3. The average molecular weight is 677 g/mol. The quantitative estimate of drug-likeness (QED) is 0.292. The lowest BCUT2D eigenvalue weighted by Crippen LogP contribution is -2.61. The third-order valence-electron chi connectivity index (χ3n) is 8.67. The van der Waals surface area contributed by atoms with Crippen LogP contribution in [0.15, 0.2) is 54.9 Å². The zero-order valence-corrected chi connectivity index (χ0v) is 28.5. The number of carbonyl (C=O) groups excluding carboxylic acids is 4. The zero-order valence-electron chi connectivity index (χ0n) is 27.7. The Kier molecular flexibility index (Phi) is 10.5. The Balaban J connectivity index is 1.46. The van der Waals surface area contributed by atoms with Gasteiger partial charge in [-0.05, 0) is 66.0 Å². The maximum absolute atomic E-state index is 14.6. The third-order valence-corrected chi connectivity index (χ3v) is 8.87. The Labute approximate surface area is 284 Å². The molecule has 0 saturated carbocycles. The summed E-state index contributed by atoms with van der Waals surface area (Å²) in [6.07, 6.45) is 2.29. The summed E-state index contributed by atoms with van der Waals surface area (Å²) in [6, 6.07) is 13.0. The number of rotatable bonds is 8. The van der Waals surface area contributed by atoms with Crippen molar-refractivity contribution < 1.29 is 28.7 Å². The van der Waals surface area contributed by atoms with Crippen LogP contribution in [0.4, 0.5) is 4.79 Å². The predicted octanol–water partition coefficient (Wildman–Crippen LogP) is 4.64. The highest BCUT2D eigenvalue weighted by Gasteiger charge is 2.43. The molecule has 0 bridgehead atoms. The van der Waals surface area contributed by atoms with Crippen molar-refractivity contribution in [1.82, 2.24) is 30.8 Å². The maximum Gasteiger partial charge on any atom is 0.407 e. The summed E-state index contributed by atoms with van der Waals surface area (Å²) in [6.45, 7) is 6.99. The predicted molar refractivity (Wildman–Crippen MR) is 178 cm³/mol. The van der Waals surface area contributed by atoms with Crippen molar-refractivity contribution >= 4 is 35.4 Å². The number of hydrogen-bond acceptors (Lipinski definition) is 8. The van der Waals surface area contributed by atoms with Gasteiger partial charge in [0.05, 0.1) is 6.04 Å². The van der Waals surface area contributed by atoms with E-state index in [9.17, 15) is 19.2 Å². The molecule has 0 spiro atoms. The summed E-state index contributed by atoms with van der Waals surface area (Å²) < 4.78 is 11.0. The molecule has 0 radical (unpaired) electrons. The van der Waals surface area contributed by atoms with Crippen LogP contribution in [0.25, 0.3) is 0 Å². The summed E-state index contributed by atoms with van der Waals surface area (Å²) in [4.78, 5) is 63.2. The molecule has 4 atom stereocenters. The van der Waals surface area contributed by atoms with Crippen molar-refractivity contribution in [2.45, 2.75) is 84.2 Å². The SMILES string of the molecule is CNC(=O)O[C@@H](C)C(=O)N[C@H](C(=O)N1Cc2cc(Oc3cc(Cl)ncn3)ccc2C[C@H]1C(=O)N[C@@H]1CCCc2ccccc21)C(C)(C)C. The van der Waals surface area contributed by atoms with E-state index in [1.165, 1.54) is 36.8 Å². The number of aromatic nitrogens is 2. The Morgan fingerprint density at radius 3 is 2.52 bits per heavy atom. The first-order valence-electron chi connectivity index (χ1n) is 16.0. The van der Waals surface area contributed by atoms with Gasteiger partial charge in [-0.25, -0.2) is 14.8 Å². The smallest absolute Gasteiger partial charge is 0.407 e. The first kappa shape index (κ1) is 34.6. The molecule has 13 heteroatoms. The van der Waals surface area contributed by atoms with E-state index in [0.717, 1.165) is 36.0 Å². The number of halogens is 1. The lowest BCUT2D eigenvalue weighted by Gasteiger charge is -2.41. The molecule has 12 nitrogen and oxygen atoms in total. The maximum atomic E-state index is 14.6. The topological polar surface area (TPSA) is 152 Å². The molecule has 4 amide bonds. The molecule has 3 aromatic rings. The Hall–Kier alpha value is -4.71. The molecule has 2 aliphatic rings. The largest absolute Gasteiger partial charge is 0.439 e. The van der Waals surface area contributed by atoms with Crippen molar-refractivity contribution in [3.05, 3.63) is 82.3 Å². The highest BCUT2D eigenvalue weighted by molar-refractivity contribution is 6.29. The fraction of sp³-hybridized carbons (Fsp3) is 0.429. The first-order valence-corrected chi connectivity index (χ1v) is 16.4. The molecule has 1 aliphatic heterocycles. The Bertz CT molecular complexity index is 1690. The summed E-state index contributed by atoms with van der Waals surface area (Å²) in [5.41, 5.74) is 3.20. The molecule has 2 heterocycles. The van der Waals surface area contributed by atoms with Gasteiger partial charge in [0.1, 0.15) is 29.3 Å². The Morgan fingerprint density at radius 1 is 1.02 bits per heavy atom. The number of amides is 4. The van der Waals surface area contributed by atoms with Gasteiger partial charge in [0.2, 0.25) is 17.7 Å². The number of hydrogen-bond donors (Lipinski definition) is 3. The van der Waals surface area contributed by atoms with Gasteiger partial charge >= 0.3 is 6.09 Å². The monoisotopic (exact) mass is 676 g/mol. The van der Waals surface area contributed by atoms with Gasteiger partial charge in [0.15, 0.2) is 6.10 Å². The summed E-state index contributed by atoms with van der Waals surface area (Å²) in [5.74, 6) is -0.622. The number of carbonyl (C=O) groups is 4. The van der Waals surface area contributed by atoms with Gasteiger partial charge in [-0.2, -0.15) is 0 Å². The molecular weight excluding hydrogens is 636 g/mol. The van der Waals surface area contributed by atoms with Crippen LogP contribution in [-0.2, 0) is 38.5 Å². The van der Waals surface area contributed by atoms with Gasteiger partial charge in [0.25, 0.3) is 5.91 Å². The molecule has 0 unspecified atom stereocenters. The van der Waals surface area contributed by atoms with Crippen LogP contribution in [0.1, 0.15) is 68.8 Å². The van der Waals surface area contributed by atoms with E-state index in [1.807, 2.05) is 45.0 Å². The van der Waals surface area contributed by atoms with Crippen LogP contribution in [0, 0.1) is 5.41 Å². The van der Waals surface area contributed by atoms with Crippen LogP contribution in [-0.4, -0.2) is 63.9 Å². The minimum absolute atomic E-state index is 0.0853. The number of alkyl carbamates (subject to hydrolysis) is 1. The van der Waals surface area contributed by atoms with E-state index in [1.54, 1.807) is 12.1 Å². The number of fused-ring (bicyclic) bond motifs is 2. The van der Waals surface area contributed by atoms with Gasteiger partial charge in [-0.15, -0.1) is 0 Å². The first-order chi connectivity index (χ1) is 22.8. The number of aryl methyl sites for hydroxylation is 1. The second-order valence-electron chi connectivity index (χ2n) is 13.2. The molecule has 5 rings (SSSR count). The van der Waals surface area contributed by atoms with E-state index in [2.05, 4.69) is 32.0 Å². The van der Waals surface area contributed by atoms with Gasteiger partial charge in [-0.1, -0.05) is 62.7 Å². The van der Waals surface area contributed by atoms with E-state index < -0.39 is 41.5 Å². The molecule has 254 valence electrons. The molecule has 48 heavy (non-hydrogen) atoms. The molecule has 0 saturated heterocycles. The fourth-order valence-electron chi connectivity index (χ4n) is 6.10. The molecule has 1 aliphatic carbocycles. The van der Waals surface area contributed by atoms with Gasteiger partial charge in [0, 0.05) is 26.1 Å². The molecule has 3 N–H and O–H groups in total. The Morgan fingerprint density at radius 2 is 1.79 bits per heavy atom.